The SMILES string of the molecule is O=C1CN(CC2CCCO2)C(=O)C2(CCCCC2)N1. The number of piperazine rings is 1. The van der Waals surface area contributed by atoms with Gasteiger partial charge in [0.1, 0.15) is 5.54 Å². The second-order valence-corrected chi connectivity index (χ2v) is 6.01. The van der Waals surface area contributed by atoms with E-state index in [1.165, 1.54) is 0 Å². The summed E-state index contributed by atoms with van der Waals surface area (Å²) in [5.74, 6) is 0.0989. The summed E-state index contributed by atoms with van der Waals surface area (Å²) in [6.07, 6.45) is 6.98. The molecule has 1 aliphatic carbocycles. The molecule has 0 bridgehead atoms. The van der Waals surface area contributed by atoms with E-state index in [2.05, 4.69) is 5.32 Å². The van der Waals surface area contributed by atoms with Crippen LogP contribution in [0.2, 0.25) is 0 Å². The van der Waals surface area contributed by atoms with Gasteiger partial charge in [-0.3, -0.25) is 9.59 Å². The summed E-state index contributed by atoms with van der Waals surface area (Å²) in [6, 6.07) is 0. The van der Waals surface area contributed by atoms with Gasteiger partial charge in [0, 0.05) is 13.2 Å². The highest BCUT2D eigenvalue weighted by Gasteiger charge is 2.47. The molecule has 5 heteroatoms. The van der Waals surface area contributed by atoms with Gasteiger partial charge in [-0.1, -0.05) is 19.3 Å². The van der Waals surface area contributed by atoms with E-state index in [1.807, 2.05) is 0 Å². The van der Waals surface area contributed by atoms with E-state index in [0.717, 1.165) is 51.6 Å². The molecular weight excluding hydrogens is 244 g/mol. The quantitative estimate of drug-likeness (QED) is 0.805. The molecule has 0 radical (unpaired) electrons. The molecule has 2 heterocycles. The van der Waals surface area contributed by atoms with Gasteiger partial charge in [-0.15, -0.1) is 0 Å². The normalized spacial score (nSPS) is 30.7. The van der Waals surface area contributed by atoms with Crippen LogP contribution < -0.4 is 5.32 Å². The summed E-state index contributed by atoms with van der Waals surface area (Å²) in [5.41, 5.74) is -0.605. The molecule has 0 aromatic heterocycles. The fourth-order valence-corrected chi connectivity index (χ4v) is 3.58. The Morgan fingerprint density at radius 1 is 1.21 bits per heavy atom. The molecule has 3 rings (SSSR count). The zero-order chi connectivity index (χ0) is 13.3. The molecule has 2 aliphatic heterocycles. The molecule has 0 aromatic carbocycles. The number of hydrogen-bond donors (Lipinski definition) is 1. The van der Waals surface area contributed by atoms with E-state index in [1.54, 1.807) is 4.90 Å². The van der Waals surface area contributed by atoms with Gasteiger partial charge in [0.25, 0.3) is 0 Å². The van der Waals surface area contributed by atoms with Crippen LogP contribution in [0.1, 0.15) is 44.9 Å². The largest absolute Gasteiger partial charge is 0.376 e. The maximum atomic E-state index is 12.7. The van der Waals surface area contributed by atoms with Gasteiger partial charge in [0.15, 0.2) is 0 Å². The highest BCUT2D eigenvalue weighted by atomic mass is 16.5. The number of nitrogens with zero attached hydrogens (tertiary/aromatic N) is 1. The van der Waals surface area contributed by atoms with Crippen LogP contribution in [0.15, 0.2) is 0 Å². The van der Waals surface area contributed by atoms with E-state index in [-0.39, 0.29) is 24.5 Å². The Labute approximate surface area is 113 Å². The second kappa shape index (κ2) is 5.12. The van der Waals surface area contributed by atoms with Crippen molar-refractivity contribution in [3.63, 3.8) is 0 Å². The Hall–Kier alpha value is -1.10. The van der Waals surface area contributed by atoms with Crippen molar-refractivity contribution in [1.82, 2.24) is 10.2 Å². The van der Waals surface area contributed by atoms with Gasteiger partial charge < -0.3 is 15.0 Å². The molecular formula is C14H22N2O3. The smallest absolute Gasteiger partial charge is 0.248 e. The Balaban J connectivity index is 1.72. The number of ether oxygens (including phenoxy) is 1. The van der Waals surface area contributed by atoms with Crippen molar-refractivity contribution < 1.29 is 14.3 Å². The lowest BCUT2D eigenvalue weighted by atomic mass is 9.79. The summed E-state index contributed by atoms with van der Waals surface area (Å²) < 4.78 is 5.59. The molecule has 2 saturated heterocycles. The highest BCUT2D eigenvalue weighted by molar-refractivity contribution is 5.98. The lowest BCUT2D eigenvalue weighted by molar-refractivity contribution is -0.153. The molecule has 3 fully saturated rings. The van der Waals surface area contributed by atoms with Crippen LogP contribution in [0, 0.1) is 0 Å². The Bertz CT molecular complexity index is 371. The number of rotatable bonds is 2. The van der Waals surface area contributed by atoms with E-state index >= 15 is 0 Å². The van der Waals surface area contributed by atoms with Gasteiger partial charge >= 0.3 is 0 Å². The third-order valence-electron chi connectivity index (χ3n) is 4.56. The summed E-state index contributed by atoms with van der Waals surface area (Å²) in [5, 5.41) is 2.97. The van der Waals surface area contributed by atoms with Crippen LogP contribution in [0.25, 0.3) is 0 Å². The van der Waals surface area contributed by atoms with Gasteiger partial charge in [0.2, 0.25) is 11.8 Å². The first kappa shape index (κ1) is 12.9. The number of carbonyl (C=O) groups excluding carboxylic acids is 2. The molecule has 1 atom stereocenters. The van der Waals surface area contributed by atoms with Gasteiger partial charge in [-0.25, -0.2) is 0 Å². The topological polar surface area (TPSA) is 58.6 Å². The first-order chi connectivity index (χ1) is 9.20. The standard InChI is InChI=1S/C14H22N2O3/c17-12-10-16(9-11-5-4-8-19-11)13(18)14(15-12)6-2-1-3-7-14/h11H,1-10H2,(H,15,17). The highest BCUT2D eigenvalue weighted by Crippen LogP contribution is 2.32. The molecule has 5 nitrogen and oxygen atoms in total. The molecule has 2 amide bonds. The van der Waals surface area contributed by atoms with Crippen molar-refractivity contribution in [3.05, 3.63) is 0 Å². The minimum Gasteiger partial charge on any atom is -0.376 e. The number of hydrogen-bond acceptors (Lipinski definition) is 3. The minimum atomic E-state index is -0.605. The van der Waals surface area contributed by atoms with E-state index in [4.69, 9.17) is 4.74 Å². The van der Waals surface area contributed by atoms with Gasteiger partial charge in [-0.05, 0) is 25.7 Å². The molecule has 106 valence electrons. The van der Waals surface area contributed by atoms with Crippen molar-refractivity contribution in [2.45, 2.75) is 56.6 Å². The molecule has 1 spiro atoms. The van der Waals surface area contributed by atoms with Crippen LogP contribution in [0.4, 0.5) is 0 Å². The third kappa shape index (κ3) is 2.48. The van der Waals surface area contributed by atoms with E-state index < -0.39 is 5.54 Å². The molecule has 0 aromatic rings. The minimum absolute atomic E-state index is 0.0144. The Morgan fingerprint density at radius 3 is 2.68 bits per heavy atom. The lowest BCUT2D eigenvalue weighted by Gasteiger charge is -2.44. The maximum Gasteiger partial charge on any atom is 0.248 e. The summed E-state index contributed by atoms with van der Waals surface area (Å²) in [4.78, 5) is 26.3. The number of carbonyl (C=O) groups is 2. The van der Waals surface area contributed by atoms with Gasteiger partial charge in [0.05, 0.1) is 12.6 Å². The summed E-state index contributed by atoms with van der Waals surface area (Å²) in [7, 11) is 0. The zero-order valence-electron chi connectivity index (χ0n) is 11.3. The van der Waals surface area contributed by atoms with Crippen molar-refractivity contribution in [1.29, 1.82) is 0 Å². The van der Waals surface area contributed by atoms with Crippen LogP contribution in [0.3, 0.4) is 0 Å². The Kier molecular flexibility index (Phi) is 3.48. The van der Waals surface area contributed by atoms with Crippen LogP contribution in [-0.4, -0.2) is 48.1 Å². The van der Waals surface area contributed by atoms with E-state index in [9.17, 15) is 9.59 Å². The van der Waals surface area contributed by atoms with Crippen LogP contribution >= 0.6 is 0 Å². The first-order valence-corrected chi connectivity index (χ1v) is 7.42. The fourth-order valence-electron chi connectivity index (χ4n) is 3.58. The third-order valence-corrected chi connectivity index (χ3v) is 4.56. The Morgan fingerprint density at radius 2 is 2.00 bits per heavy atom. The fraction of sp³-hybridized carbons (Fsp3) is 0.857. The van der Waals surface area contributed by atoms with Crippen molar-refractivity contribution >= 4 is 11.8 Å². The van der Waals surface area contributed by atoms with Crippen molar-refractivity contribution in [2.24, 2.45) is 0 Å². The average molecular weight is 266 g/mol. The lowest BCUT2D eigenvalue weighted by Crippen LogP contribution is -2.67. The molecule has 1 unspecified atom stereocenters. The average Bonchev–Trinajstić information content (AvgIpc) is 2.89. The molecule has 1 N–H and O–H groups in total. The maximum absolute atomic E-state index is 12.7. The summed E-state index contributed by atoms with van der Waals surface area (Å²) in [6.45, 7) is 1.55. The predicted molar refractivity (Wildman–Crippen MR) is 69.5 cm³/mol. The first-order valence-electron chi connectivity index (χ1n) is 7.42. The molecule has 1 saturated carbocycles. The monoisotopic (exact) mass is 266 g/mol. The van der Waals surface area contributed by atoms with Crippen LogP contribution in [-0.2, 0) is 14.3 Å². The van der Waals surface area contributed by atoms with Crippen molar-refractivity contribution in [3.8, 4) is 0 Å². The summed E-state index contributed by atoms with van der Waals surface area (Å²) >= 11 is 0. The number of nitrogens with one attached hydrogen (secondary N) is 1. The van der Waals surface area contributed by atoms with Gasteiger partial charge in [-0.2, -0.15) is 0 Å². The van der Waals surface area contributed by atoms with Crippen LogP contribution in [0.5, 0.6) is 0 Å². The molecule has 19 heavy (non-hydrogen) atoms. The molecule has 3 aliphatic rings. The second-order valence-electron chi connectivity index (χ2n) is 6.01. The van der Waals surface area contributed by atoms with Crippen molar-refractivity contribution in [2.75, 3.05) is 19.7 Å². The zero-order valence-corrected chi connectivity index (χ0v) is 11.3. The predicted octanol–water partition coefficient (Wildman–Crippen LogP) is 0.827. The number of amides is 2. The van der Waals surface area contributed by atoms with E-state index in [0.29, 0.717) is 6.54 Å².